The molecule has 0 aromatic heterocycles. The van der Waals surface area contributed by atoms with Gasteiger partial charge in [-0.05, 0) is 63.3 Å². The first-order chi connectivity index (χ1) is 12.9. The number of halogens is 1. The molecule has 27 heavy (non-hydrogen) atoms. The Morgan fingerprint density at radius 1 is 1.15 bits per heavy atom. The Kier molecular flexibility index (Phi) is 7.16. The predicted molar refractivity (Wildman–Crippen MR) is 105 cm³/mol. The fraction of sp³-hybridized carbons (Fsp3) is 0.190. The van der Waals surface area contributed by atoms with Crippen molar-refractivity contribution in [2.45, 2.75) is 19.8 Å². The van der Waals surface area contributed by atoms with Crippen LogP contribution in [0.5, 0.6) is 11.5 Å². The monoisotopic (exact) mass is 424 g/mol. The lowest BCUT2D eigenvalue weighted by molar-refractivity contribution is -0.136. The van der Waals surface area contributed by atoms with Gasteiger partial charge in [-0.2, -0.15) is 10.5 Å². The molecule has 0 bridgehead atoms. The second kappa shape index (κ2) is 9.56. The highest BCUT2D eigenvalue weighted by atomic mass is 79.9. The van der Waals surface area contributed by atoms with Gasteiger partial charge in [0, 0.05) is 0 Å². The van der Waals surface area contributed by atoms with Crippen LogP contribution < -0.4 is 9.47 Å². The molecule has 0 saturated carbocycles. The van der Waals surface area contributed by atoms with E-state index in [2.05, 4.69) is 29.8 Å². The second-order valence-electron chi connectivity index (χ2n) is 5.96. The number of nitrogens with zero attached hydrogens (tertiary/aromatic N) is 2. The Bertz CT molecular complexity index is 919. The summed E-state index contributed by atoms with van der Waals surface area (Å²) in [6.07, 6.45) is 1.45. The average Bonchev–Trinajstić information content (AvgIpc) is 2.66. The summed E-state index contributed by atoms with van der Waals surface area (Å²) in [5.74, 6) is 0.784. The van der Waals surface area contributed by atoms with Crippen LogP contribution in [0.4, 0.5) is 0 Å². The summed E-state index contributed by atoms with van der Waals surface area (Å²) in [6, 6.07) is 15.8. The van der Waals surface area contributed by atoms with Crippen LogP contribution in [0.3, 0.4) is 0 Å². The van der Waals surface area contributed by atoms with Crippen molar-refractivity contribution < 1.29 is 14.3 Å². The van der Waals surface area contributed by atoms with Gasteiger partial charge >= 0.3 is 5.97 Å². The van der Waals surface area contributed by atoms with Gasteiger partial charge in [0.15, 0.2) is 6.61 Å². The molecule has 0 amide bonds. The van der Waals surface area contributed by atoms with E-state index in [4.69, 9.17) is 20.0 Å². The molecule has 2 rings (SSSR count). The van der Waals surface area contributed by atoms with Gasteiger partial charge in [-0.3, -0.25) is 0 Å². The maximum absolute atomic E-state index is 12.0. The van der Waals surface area contributed by atoms with Gasteiger partial charge < -0.3 is 9.47 Å². The van der Waals surface area contributed by atoms with Crippen molar-refractivity contribution in [2.24, 2.45) is 0 Å². The minimum Gasteiger partial charge on any atom is -0.481 e. The molecule has 0 atom stereocenters. The highest BCUT2D eigenvalue weighted by Gasteiger charge is 2.10. The van der Waals surface area contributed by atoms with E-state index in [9.17, 15) is 4.79 Å². The van der Waals surface area contributed by atoms with Gasteiger partial charge in [-0.1, -0.05) is 32.0 Å². The van der Waals surface area contributed by atoms with Crippen LogP contribution in [0, 0.1) is 22.7 Å². The van der Waals surface area contributed by atoms with Crippen LogP contribution in [-0.4, -0.2) is 12.6 Å². The topological polar surface area (TPSA) is 83.1 Å². The number of hydrogen-bond acceptors (Lipinski definition) is 5. The van der Waals surface area contributed by atoms with Crippen LogP contribution in [-0.2, 0) is 4.79 Å². The molecular formula is C21H17BrN2O3. The lowest BCUT2D eigenvalue weighted by atomic mass is 10.0. The molecule has 0 unspecified atom stereocenters. The number of benzene rings is 2. The number of esters is 1. The third kappa shape index (κ3) is 5.99. The molecule has 0 fully saturated rings. The second-order valence-corrected chi connectivity index (χ2v) is 6.81. The Hall–Kier alpha value is -3.09. The first-order valence-corrected chi connectivity index (χ1v) is 8.97. The number of ether oxygens (including phenoxy) is 2. The van der Waals surface area contributed by atoms with Gasteiger partial charge in [0.25, 0.3) is 0 Å². The molecule has 5 nitrogen and oxygen atoms in total. The Balaban J connectivity index is 1.94. The third-order valence-electron chi connectivity index (χ3n) is 3.63. The van der Waals surface area contributed by atoms with E-state index in [1.165, 1.54) is 11.6 Å². The number of carbonyl (C=O) groups is 1. The summed E-state index contributed by atoms with van der Waals surface area (Å²) in [7, 11) is 0. The Morgan fingerprint density at radius 3 is 2.37 bits per heavy atom. The number of nitriles is 2. The summed E-state index contributed by atoms with van der Waals surface area (Å²) in [5.41, 5.74) is 1.84. The predicted octanol–water partition coefficient (Wildman–Crippen LogP) is 4.99. The van der Waals surface area contributed by atoms with Gasteiger partial charge in [-0.25, -0.2) is 4.79 Å². The summed E-state index contributed by atoms with van der Waals surface area (Å²) >= 11 is 3.44. The minimum absolute atomic E-state index is 0.00204. The fourth-order valence-corrected chi connectivity index (χ4v) is 2.69. The maximum atomic E-state index is 12.0. The molecule has 0 spiro atoms. The lowest BCUT2D eigenvalue weighted by Crippen LogP contribution is -2.17. The maximum Gasteiger partial charge on any atom is 0.349 e. The van der Waals surface area contributed by atoms with Crippen LogP contribution in [0.2, 0.25) is 0 Å². The first-order valence-electron chi connectivity index (χ1n) is 8.18. The fourth-order valence-electron chi connectivity index (χ4n) is 2.18. The Labute approximate surface area is 166 Å². The zero-order chi connectivity index (χ0) is 19.8. The highest BCUT2D eigenvalue weighted by Crippen LogP contribution is 2.29. The summed E-state index contributed by atoms with van der Waals surface area (Å²) in [4.78, 5) is 12.0. The van der Waals surface area contributed by atoms with E-state index in [-0.39, 0.29) is 12.2 Å². The van der Waals surface area contributed by atoms with Crippen LogP contribution in [0.25, 0.3) is 6.08 Å². The number of carbonyl (C=O) groups excluding carboxylic acids is 1. The van der Waals surface area contributed by atoms with E-state index < -0.39 is 5.97 Å². The van der Waals surface area contributed by atoms with Gasteiger partial charge in [0.2, 0.25) is 0 Å². The van der Waals surface area contributed by atoms with Gasteiger partial charge in [-0.15, -0.1) is 0 Å². The SMILES string of the molecule is CC(C)c1ccc(OCC(=O)Oc2ccc(C=C(C#N)C#N)cc2)c(Br)c1. The molecule has 0 aliphatic heterocycles. The smallest absolute Gasteiger partial charge is 0.349 e. The van der Waals surface area contributed by atoms with Crippen molar-refractivity contribution in [3.05, 3.63) is 63.6 Å². The van der Waals surface area contributed by atoms with E-state index in [0.717, 1.165) is 4.47 Å². The van der Waals surface area contributed by atoms with Gasteiger partial charge in [0.05, 0.1) is 4.47 Å². The summed E-state index contributed by atoms with van der Waals surface area (Å²) < 4.78 is 11.5. The zero-order valence-electron chi connectivity index (χ0n) is 14.9. The minimum atomic E-state index is -0.534. The molecule has 6 heteroatoms. The summed E-state index contributed by atoms with van der Waals surface area (Å²) in [5, 5.41) is 17.5. The quantitative estimate of drug-likeness (QED) is 0.370. The van der Waals surface area contributed by atoms with Crippen LogP contribution >= 0.6 is 15.9 Å². The molecular weight excluding hydrogens is 408 g/mol. The highest BCUT2D eigenvalue weighted by molar-refractivity contribution is 9.10. The molecule has 0 aliphatic carbocycles. The van der Waals surface area contributed by atoms with Gasteiger partial charge in [0.1, 0.15) is 29.2 Å². The molecule has 0 heterocycles. The molecule has 0 N–H and O–H groups in total. The van der Waals surface area contributed by atoms with Crippen molar-refractivity contribution in [3.63, 3.8) is 0 Å². The van der Waals surface area contributed by atoms with Crippen LogP contribution in [0.1, 0.15) is 30.9 Å². The summed E-state index contributed by atoms with van der Waals surface area (Å²) in [6.45, 7) is 3.97. The first kappa shape index (κ1) is 20.2. The largest absolute Gasteiger partial charge is 0.481 e. The standard InChI is InChI=1S/C21H17BrN2O3/c1-14(2)17-5-8-20(19(22)10-17)26-13-21(25)27-18-6-3-15(4-7-18)9-16(11-23)12-24/h3-10,14H,13H2,1-2H3. The molecule has 0 aliphatic rings. The van der Waals surface area contributed by atoms with E-state index in [1.54, 1.807) is 36.4 Å². The number of allylic oxidation sites excluding steroid dienone is 1. The lowest BCUT2D eigenvalue weighted by Gasteiger charge is -2.11. The molecule has 136 valence electrons. The molecule has 0 radical (unpaired) electrons. The Morgan fingerprint density at radius 2 is 1.81 bits per heavy atom. The zero-order valence-corrected chi connectivity index (χ0v) is 16.5. The van der Waals surface area contributed by atoms with E-state index in [1.807, 2.05) is 18.2 Å². The molecule has 2 aromatic rings. The van der Waals surface area contributed by atoms with E-state index in [0.29, 0.717) is 23.0 Å². The number of hydrogen-bond donors (Lipinski definition) is 0. The van der Waals surface area contributed by atoms with Crippen molar-refractivity contribution in [3.8, 4) is 23.6 Å². The van der Waals surface area contributed by atoms with Crippen molar-refractivity contribution in [2.75, 3.05) is 6.61 Å². The van der Waals surface area contributed by atoms with Crippen molar-refractivity contribution in [1.82, 2.24) is 0 Å². The normalized spacial score (nSPS) is 9.85. The van der Waals surface area contributed by atoms with E-state index >= 15 is 0 Å². The van der Waals surface area contributed by atoms with Crippen molar-refractivity contribution in [1.29, 1.82) is 10.5 Å². The average molecular weight is 425 g/mol. The molecule has 0 saturated heterocycles. The molecule has 2 aromatic carbocycles. The van der Waals surface area contributed by atoms with Crippen molar-refractivity contribution >= 4 is 28.0 Å². The third-order valence-corrected chi connectivity index (χ3v) is 4.25. The number of rotatable bonds is 6. The van der Waals surface area contributed by atoms with Crippen LogP contribution in [0.15, 0.2) is 52.5 Å².